The van der Waals surface area contributed by atoms with Gasteiger partial charge in [-0.3, -0.25) is 0 Å². The smallest absolute Gasteiger partial charge is 0.231 e. The van der Waals surface area contributed by atoms with E-state index < -0.39 is 0 Å². The Balaban J connectivity index is 1.81. The van der Waals surface area contributed by atoms with Crippen LogP contribution in [0.5, 0.6) is 11.5 Å². The second-order valence-electron chi connectivity index (χ2n) is 5.81. The van der Waals surface area contributed by atoms with Gasteiger partial charge in [0, 0.05) is 11.8 Å². The van der Waals surface area contributed by atoms with Gasteiger partial charge in [0.25, 0.3) is 0 Å². The summed E-state index contributed by atoms with van der Waals surface area (Å²) < 4.78 is 10.8. The summed E-state index contributed by atoms with van der Waals surface area (Å²) in [5, 5.41) is 3.62. The fourth-order valence-electron chi connectivity index (χ4n) is 2.62. The van der Waals surface area contributed by atoms with Crippen molar-refractivity contribution in [2.45, 2.75) is 26.3 Å². The Bertz CT molecular complexity index is 595. The molecule has 0 amide bonds. The summed E-state index contributed by atoms with van der Waals surface area (Å²) in [6, 6.07) is 16.9. The van der Waals surface area contributed by atoms with Gasteiger partial charge in [-0.25, -0.2) is 0 Å². The van der Waals surface area contributed by atoms with E-state index in [1.54, 1.807) is 0 Å². The maximum absolute atomic E-state index is 5.45. The molecular formula is C18H21NO2. The number of hydrogen-bond donors (Lipinski definition) is 1. The van der Waals surface area contributed by atoms with E-state index in [9.17, 15) is 0 Å². The molecule has 1 heterocycles. The van der Waals surface area contributed by atoms with Gasteiger partial charge in [-0.05, 0) is 30.0 Å². The van der Waals surface area contributed by atoms with E-state index in [-0.39, 0.29) is 0 Å². The Morgan fingerprint density at radius 3 is 2.52 bits per heavy atom. The molecule has 0 bridgehead atoms. The molecule has 1 aliphatic rings. The average Bonchev–Trinajstić information content (AvgIpc) is 2.94. The molecule has 3 rings (SSSR count). The molecule has 1 N–H and O–H groups in total. The Hall–Kier alpha value is -2.16. The van der Waals surface area contributed by atoms with Crippen molar-refractivity contribution < 1.29 is 9.47 Å². The lowest BCUT2D eigenvalue weighted by Gasteiger charge is -2.22. The molecule has 110 valence electrons. The van der Waals surface area contributed by atoms with Crippen LogP contribution in [-0.4, -0.2) is 6.79 Å². The van der Waals surface area contributed by atoms with E-state index in [1.165, 1.54) is 5.56 Å². The van der Waals surface area contributed by atoms with Crippen molar-refractivity contribution in [3.8, 4) is 11.5 Å². The highest BCUT2D eigenvalue weighted by molar-refractivity contribution is 5.56. The number of ether oxygens (including phenoxy) is 2. The first-order valence-corrected chi connectivity index (χ1v) is 7.43. The van der Waals surface area contributed by atoms with Crippen LogP contribution in [0.25, 0.3) is 0 Å². The molecule has 21 heavy (non-hydrogen) atoms. The lowest BCUT2D eigenvalue weighted by Crippen LogP contribution is -2.13. The molecule has 0 fully saturated rings. The van der Waals surface area contributed by atoms with E-state index >= 15 is 0 Å². The third-order valence-corrected chi connectivity index (χ3v) is 3.62. The van der Waals surface area contributed by atoms with Crippen molar-refractivity contribution >= 4 is 5.69 Å². The van der Waals surface area contributed by atoms with Crippen molar-refractivity contribution in [1.29, 1.82) is 0 Å². The molecule has 1 unspecified atom stereocenters. The van der Waals surface area contributed by atoms with Gasteiger partial charge in [-0.2, -0.15) is 0 Å². The highest BCUT2D eigenvalue weighted by Gasteiger charge is 2.16. The molecule has 0 spiro atoms. The van der Waals surface area contributed by atoms with E-state index in [1.807, 2.05) is 18.2 Å². The van der Waals surface area contributed by atoms with Crippen molar-refractivity contribution in [3.63, 3.8) is 0 Å². The maximum atomic E-state index is 5.45. The molecule has 3 nitrogen and oxygen atoms in total. The quantitative estimate of drug-likeness (QED) is 0.869. The van der Waals surface area contributed by atoms with Crippen LogP contribution in [-0.2, 0) is 0 Å². The summed E-state index contributed by atoms with van der Waals surface area (Å²) >= 11 is 0. The van der Waals surface area contributed by atoms with Crippen molar-refractivity contribution in [3.05, 3.63) is 54.1 Å². The van der Waals surface area contributed by atoms with Gasteiger partial charge < -0.3 is 14.8 Å². The maximum Gasteiger partial charge on any atom is 0.231 e. The van der Waals surface area contributed by atoms with Gasteiger partial charge >= 0.3 is 0 Å². The van der Waals surface area contributed by atoms with Crippen LogP contribution in [0.15, 0.2) is 48.5 Å². The van der Waals surface area contributed by atoms with Crippen LogP contribution < -0.4 is 14.8 Å². The first-order valence-electron chi connectivity index (χ1n) is 7.43. The Morgan fingerprint density at radius 1 is 1.00 bits per heavy atom. The molecule has 0 aliphatic carbocycles. The third-order valence-electron chi connectivity index (χ3n) is 3.62. The zero-order valence-electron chi connectivity index (χ0n) is 12.5. The summed E-state index contributed by atoms with van der Waals surface area (Å²) in [5.74, 6) is 2.26. The molecular weight excluding hydrogens is 262 g/mol. The number of benzene rings is 2. The lowest BCUT2D eigenvalue weighted by atomic mass is 9.96. The highest BCUT2D eigenvalue weighted by atomic mass is 16.7. The minimum Gasteiger partial charge on any atom is -0.454 e. The van der Waals surface area contributed by atoms with Crippen LogP contribution in [0.3, 0.4) is 0 Å². The number of hydrogen-bond acceptors (Lipinski definition) is 3. The fourth-order valence-corrected chi connectivity index (χ4v) is 2.62. The topological polar surface area (TPSA) is 30.5 Å². The standard InChI is InChI=1S/C18H21NO2/c1-13(2)10-16(14-6-4-3-5-7-14)19-15-8-9-17-18(11-15)21-12-20-17/h3-9,11,13,16,19H,10,12H2,1-2H3. The second kappa shape index (κ2) is 6.08. The summed E-state index contributed by atoms with van der Waals surface area (Å²) in [6.07, 6.45) is 1.08. The molecule has 2 aromatic carbocycles. The summed E-state index contributed by atoms with van der Waals surface area (Å²) in [5.41, 5.74) is 2.37. The van der Waals surface area contributed by atoms with Crippen LogP contribution in [0.1, 0.15) is 31.9 Å². The molecule has 1 atom stereocenters. The van der Waals surface area contributed by atoms with Crippen LogP contribution in [0.2, 0.25) is 0 Å². The first kappa shape index (κ1) is 13.8. The van der Waals surface area contributed by atoms with Crippen molar-refractivity contribution in [2.24, 2.45) is 5.92 Å². The minimum absolute atomic E-state index is 0.298. The monoisotopic (exact) mass is 283 g/mol. The average molecular weight is 283 g/mol. The Labute approximate surface area is 125 Å². The van der Waals surface area contributed by atoms with E-state index in [2.05, 4.69) is 49.5 Å². The van der Waals surface area contributed by atoms with E-state index in [4.69, 9.17) is 9.47 Å². The minimum atomic E-state index is 0.298. The van der Waals surface area contributed by atoms with Crippen molar-refractivity contribution in [1.82, 2.24) is 0 Å². The third kappa shape index (κ3) is 3.30. The van der Waals surface area contributed by atoms with E-state index in [0.717, 1.165) is 23.6 Å². The zero-order chi connectivity index (χ0) is 14.7. The van der Waals surface area contributed by atoms with Crippen LogP contribution in [0.4, 0.5) is 5.69 Å². The summed E-state index contributed by atoms with van der Waals surface area (Å²) in [7, 11) is 0. The molecule has 3 heteroatoms. The highest BCUT2D eigenvalue weighted by Crippen LogP contribution is 2.36. The molecule has 1 aliphatic heterocycles. The number of fused-ring (bicyclic) bond motifs is 1. The Morgan fingerprint density at radius 2 is 1.76 bits per heavy atom. The van der Waals surface area contributed by atoms with Gasteiger partial charge in [-0.15, -0.1) is 0 Å². The van der Waals surface area contributed by atoms with Crippen LogP contribution in [0, 0.1) is 5.92 Å². The number of nitrogens with one attached hydrogen (secondary N) is 1. The van der Waals surface area contributed by atoms with Gasteiger partial charge in [0.2, 0.25) is 6.79 Å². The predicted octanol–water partition coefficient (Wildman–Crippen LogP) is 4.61. The van der Waals surface area contributed by atoms with Gasteiger partial charge in [0.05, 0.1) is 6.04 Å². The van der Waals surface area contributed by atoms with Gasteiger partial charge in [-0.1, -0.05) is 44.2 Å². The van der Waals surface area contributed by atoms with Crippen molar-refractivity contribution in [2.75, 3.05) is 12.1 Å². The molecule has 0 saturated heterocycles. The fraction of sp³-hybridized carbons (Fsp3) is 0.333. The first-order chi connectivity index (χ1) is 10.2. The van der Waals surface area contributed by atoms with E-state index in [0.29, 0.717) is 18.8 Å². The van der Waals surface area contributed by atoms with Gasteiger partial charge in [0.15, 0.2) is 11.5 Å². The molecule has 0 aromatic heterocycles. The molecule has 0 radical (unpaired) electrons. The lowest BCUT2D eigenvalue weighted by molar-refractivity contribution is 0.174. The Kier molecular flexibility index (Phi) is 4.00. The summed E-state index contributed by atoms with van der Waals surface area (Å²) in [4.78, 5) is 0. The molecule has 2 aromatic rings. The second-order valence-corrected chi connectivity index (χ2v) is 5.81. The van der Waals surface area contributed by atoms with Gasteiger partial charge in [0.1, 0.15) is 0 Å². The SMILES string of the molecule is CC(C)CC(Nc1ccc2c(c1)OCO2)c1ccccc1. The zero-order valence-corrected chi connectivity index (χ0v) is 12.5. The summed E-state index contributed by atoms with van der Waals surface area (Å²) in [6.45, 7) is 4.81. The molecule has 0 saturated carbocycles. The number of rotatable bonds is 5. The van der Waals surface area contributed by atoms with Crippen LogP contribution >= 0.6 is 0 Å². The normalized spacial score (nSPS) is 14.2. The predicted molar refractivity (Wildman–Crippen MR) is 84.8 cm³/mol. The largest absolute Gasteiger partial charge is 0.454 e. The number of anilines is 1.